The van der Waals surface area contributed by atoms with Crippen LogP contribution in [0.15, 0.2) is 18.2 Å². The number of alkyl halides is 3. The van der Waals surface area contributed by atoms with Crippen molar-refractivity contribution < 1.29 is 18.3 Å². The molecule has 1 aromatic rings. The van der Waals surface area contributed by atoms with Gasteiger partial charge in [-0.05, 0) is 23.8 Å². The summed E-state index contributed by atoms with van der Waals surface area (Å²) < 4.78 is 37.2. The molecule has 0 fully saturated rings. The van der Waals surface area contributed by atoms with Crippen LogP contribution < -0.4 is 0 Å². The van der Waals surface area contributed by atoms with E-state index in [1.807, 2.05) is 0 Å². The zero-order chi connectivity index (χ0) is 12.9. The smallest absolute Gasteiger partial charge is 0.392 e. The molecule has 0 amide bonds. The zero-order valence-electron chi connectivity index (χ0n) is 8.88. The monoisotopic (exact) mass is 260 g/mol. The summed E-state index contributed by atoms with van der Waals surface area (Å²) in [5, 5.41) is 9.01. The molecule has 1 nitrogen and oxygen atoms in total. The lowest BCUT2D eigenvalue weighted by atomic mass is 10.0. The van der Waals surface area contributed by atoms with E-state index in [0.29, 0.717) is 17.7 Å². The Balaban J connectivity index is 3.07. The maximum atomic E-state index is 12.4. The number of hydrogen-bond donors (Lipinski definition) is 2. The highest BCUT2D eigenvalue weighted by molar-refractivity contribution is 7.80. The first kappa shape index (κ1) is 13.9. The topological polar surface area (TPSA) is 20.2 Å². The Morgan fingerprint density at radius 3 is 2.53 bits per heavy atom. The Morgan fingerprint density at radius 2 is 2.00 bits per heavy atom. The fourth-order valence-electron chi connectivity index (χ4n) is 1.24. The van der Waals surface area contributed by atoms with Crippen LogP contribution in [-0.4, -0.2) is 10.9 Å². The van der Waals surface area contributed by atoms with Crippen molar-refractivity contribution in [2.45, 2.75) is 19.2 Å². The fourth-order valence-corrected chi connectivity index (χ4v) is 1.35. The molecule has 1 rings (SSSR count). The van der Waals surface area contributed by atoms with Crippen molar-refractivity contribution in [1.82, 2.24) is 0 Å². The van der Waals surface area contributed by atoms with Crippen molar-refractivity contribution in [2.75, 3.05) is 5.75 Å². The van der Waals surface area contributed by atoms with Gasteiger partial charge in [0, 0.05) is 17.7 Å². The van der Waals surface area contributed by atoms with Crippen LogP contribution in [0.1, 0.15) is 23.1 Å². The lowest BCUT2D eigenvalue weighted by Crippen LogP contribution is -2.06. The van der Waals surface area contributed by atoms with Gasteiger partial charge in [0.1, 0.15) is 0 Å². The van der Waals surface area contributed by atoms with Gasteiger partial charge in [-0.2, -0.15) is 25.8 Å². The Morgan fingerprint density at radius 1 is 1.29 bits per heavy atom. The van der Waals surface area contributed by atoms with Gasteiger partial charge in [0.25, 0.3) is 0 Å². The Kier molecular flexibility index (Phi) is 4.91. The Hall–Kier alpha value is -1.12. The van der Waals surface area contributed by atoms with Crippen LogP contribution in [-0.2, 0) is 12.8 Å². The first-order valence-electron chi connectivity index (χ1n) is 4.89. The average Bonchev–Trinajstić information content (AvgIpc) is 2.28. The van der Waals surface area contributed by atoms with Crippen molar-refractivity contribution in [3.05, 3.63) is 34.9 Å². The number of aliphatic hydroxyl groups is 1. The number of benzene rings is 1. The van der Waals surface area contributed by atoms with Crippen molar-refractivity contribution >= 4 is 12.6 Å². The maximum absolute atomic E-state index is 12.4. The van der Waals surface area contributed by atoms with Crippen LogP contribution in [0.4, 0.5) is 13.2 Å². The predicted octanol–water partition coefficient (Wildman–Crippen LogP) is 2.87. The second kappa shape index (κ2) is 5.99. The Labute approximate surface area is 103 Å². The van der Waals surface area contributed by atoms with Crippen LogP contribution in [0.5, 0.6) is 0 Å². The van der Waals surface area contributed by atoms with Crippen LogP contribution in [0.2, 0.25) is 0 Å². The molecule has 0 bridgehead atoms. The first-order valence-corrected chi connectivity index (χ1v) is 5.53. The van der Waals surface area contributed by atoms with E-state index in [4.69, 9.17) is 5.11 Å². The van der Waals surface area contributed by atoms with Crippen molar-refractivity contribution in [3.63, 3.8) is 0 Å². The maximum Gasteiger partial charge on any atom is 0.416 e. The van der Waals surface area contributed by atoms with Crippen LogP contribution in [0.3, 0.4) is 0 Å². The molecule has 0 unspecified atom stereocenters. The van der Waals surface area contributed by atoms with E-state index in [1.165, 1.54) is 6.07 Å². The number of thiol groups is 1. The molecule has 0 atom stereocenters. The third kappa shape index (κ3) is 3.99. The molecule has 17 heavy (non-hydrogen) atoms. The summed E-state index contributed by atoms with van der Waals surface area (Å²) in [7, 11) is 0. The summed E-state index contributed by atoms with van der Waals surface area (Å²) in [5.74, 6) is 6.07. The van der Waals surface area contributed by atoms with Gasteiger partial charge in [0.05, 0.1) is 12.2 Å². The minimum absolute atomic E-state index is 0.187. The molecular formula is C12H11F3OS. The predicted molar refractivity (Wildman–Crippen MR) is 62.7 cm³/mol. The molecule has 0 saturated carbocycles. The van der Waals surface area contributed by atoms with Gasteiger partial charge in [0.15, 0.2) is 0 Å². The highest BCUT2D eigenvalue weighted by Gasteiger charge is 2.30. The molecule has 0 saturated heterocycles. The molecule has 0 aliphatic heterocycles. The quantitative estimate of drug-likeness (QED) is 0.619. The second-order valence-electron chi connectivity index (χ2n) is 3.30. The fraction of sp³-hybridized carbons (Fsp3) is 0.333. The van der Waals surface area contributed by atoms with E-state index in [0.717, 1.165) is 12.1 Å². The van der Waals surface area contributed by atoms with E-state index in [9.17, 15) is 13.2 Å². The van der Waals surface area contributed by atoms with E-state index in [2.05, 4.69) is 24.5 Å². The number of rotatable bonds is 2. The first-order chi connectivity index (χ1) is 7.99. The van der Waals surface area contributed by atoms with E-state index >= 15 is 0 Å². The van der Waals surface area contributed by atoms with E-state index in [1.54, 1.807) is 0 Å². The highest BCUT2D eigenvalue weighted by atomic mass is 32.1. The standard InChI is InChI=1S/C12H11F3OS/c13-12(14,15)11-5-4-9(3-1-2-6-17)10(7-11)8-16/h4-5,7,16-17H,2,6,8H2. The van der Waals surface area contributed by atoms with Gasteiger partial charge in [-0.1, -0.05) is 11.8 Å². The summed E-state index contributed by atoms with van der Waals surface area (Å²) in [6.45, 7) is -0.463. The van der Waals surface area contributed by atoms with Crippen molar-refractivity contribution in [3.8, 4) is 11.8 Å². The lowest BCUT2D eigenvalue weighted by Gasteiger charge is -2.09. The molecular weight excluding hydrogens is 249 g/mol. The minimum atomic E-state index is -4.40. The molecule has 92 valence electrons. The van der Waals surface area contributed by atoms with Gasteiger partial charge >= 0.3 is 6.18 Å². The van der Waals surface area contributed by atoms with E-state index in [-0.39, 0.29) is 5.56 Å². The zero-order valence-corrected chi connectivity index (χ0v) is 9.78. The molecule has 0 spiro atoms. The van der Waals surface area contributed by atoms with Crippen molar-refractivity contribution in [2.24, 2.45) is 0 Å². The van der Waals surface area contributed by atoms with Crippen molar-refractivity contribution in [1.29, 1.82) is 0 Å². The van der Waals surface area contributed by atoms with Gasteiger partial charge in [0.2, 0.25) is 0 Å². The summed E-state index contributed by atoms with van der Waals surface area (Å²) in [6.07, 6.45) is -3.85. The van der Waals surface area contributed by atoms with Gasteiger partial charge in [-0.25, -0.2) is 0 Å². The van der Waals surface area contributed by atoms with Gasteiger partial charge < -0.3 is 5.11 Å². The highest BCUT2D eigenvalue weighted by Crippen LogP contribution is 2.30. The average molecular weight is 260 g/mol. The third-order valence-corrected chi connectivity index (χ3v) is 2.29. The SMILES string of the molecule is OCc1cc(C(F)(F)F)ccc1C#CCCS. The lowest BCUT2D eigenvalue weighted by molar-refractivity contribution is -0.137. The van der Waals surface area contributed by atoms with Gasteiger partial charge in [-0.3, -0.25) is 0 Å². The molecule has 0 heterocycles. The largest absolute Gasteiger partial charge is 0.416 e. The van der Waals surface area contributed by atoms with Gasteiger partial charge in [-0.15, -0.1) is 0 Å². The normalized spacial score (nSPS) is 10.9. The number of aliphatic hydroxyl groups excluding tert-OH is 1. The molecule has 0 radical (unpaired) electrons. The van der Waals surface area contributed by atoms with Crippen LogP contribution in [0.25, 0.3) is 0 Å². The molecule has 0 aromatic heterocycles. The summed E-state index contributed by atoms with van der Waals surface area (Å²) in [4.78, 5) is 0. The van der Waals surface area contributed by atoms with Crippen LogP contribution in [0, 0.1) is 11.8 Å². The minimum Gasteiger partial charge on any atom is -0.392 e. The molecule has 5 heteroatoms. The summed E-state index contributed by atoms with van der Waals surface area (Å²) >= 11 is 3.97. The molecule has 0 aliphatic rings. The third-order valence-electron chi connectivity index (χ3n) is 2.06. The molecule has 1 aromatic carbocycles. The summed E-state index contributed by atoms with van der Waals surface area (Å²) in [5.41, 5.74) is -0.171. The number of hydrogen-bond acceptors (Lipinski definition) is 2. The molecule has 1 N–H and O–H groups in total. The van der Waals surface area contributed by atoms with E-state index < -0.39 is 18.3 Å². The summed E-state index contributed by atoms with van der Waals surface area (Å²) in [6, 6.07) is 3.16. The van der Waals surface area contributed by atoms with Crippen LogP contribution >= 0.6 is 12.6 Å². The second-order valence-corrected chi connectivity index (χ2v) is 3.75. The molecule has 0 aliphatic carbocycles. The Bertz CT molecular complexity index is 443. The number of halogens is 3.